The van der Waals surface area contributed by atoms with E-state index in [9.17, 15) is 0 Å². The van der Waals surface area contributed by atoms with Crippen LogP contribution in [0, 0.1) is 0 Å². The van der Waals surface area contributed by atoms with Gasteiger partial charge in [-0.1, -0.05) is 0 Å². The Morgan fingerprint density at radius 3 is 1.88 bits per heavy atom. The number of hydrogen-bond acceptors (Lipinski definition) is 3. The van der Waals surface area contributed by atoms with Gasteiger partial charge in [0.1, 0.15) is 0 Å². The summed E-state index contributed by atoms with van der Waals surface area (Å²) in [5, 5.41) is 24.3. The van der Waals surface area contributed by atoms with E-state index in [1.54, 1.807) is 0 Å². The van der Waals surface area contributed by atoms with E-state index >= 15 is 0 Å². The number of hydrogen-bond donors (Lipinski definition) is 3. The summed E-state index contributed by atoms with van der Waals surface area (Å²) in [7, 11) is 0. The van der Waals surface area contributed by atoms with Crippen LogP contribution in [0.1, 0.15) is 0 Å². The zero-order chi connectivity index (χ0) is 6.57. The molecule has 3 nitrogen and oxygen atoms in total. The van der Waals surface area contributed by atoms with E-state index in [0.717, 1.165) is 0 Å². The standard InChI is InChI=1S/C4H9ClO3/c5-3(1-6)4(8)2-7/h3-4,6-8H,1-2H2. The Hall–Kier alpha value is 0.170. The van der Waals surface area contributed by atoms with Gasteiger partial charge in [-0.05, 0) is 0 Å². The van der Waals surface area contributed by atoms with E-state index in [-0.39, 0.29) is 6.61 Å². The van der Waals surface area contributed by atoms with E-state index in [1.165, 1.54) is 0 Å². The van der Waals surface area contributed by atoms with Crippen LogP contribution in [0.4, 0.5) is 0 Å². The zero-order valence-corrected chi connectivity index (χ0v) is 5.04. The molecule has 0 aromatic heterocycles. The maximum absolute atomic E-state index is 8.58. The van der Waals surface area contributed by atoms with Gasteiger partial charge in [0, 0.05) is 0 Å². The molecule has 50 valence electrons. The molecule has 0 aliphatic rings. The zero-order valence-electron chi connectivity index (χ0n) is 4.29. The lowest BCUT2D eigenvalue weighted by Crippen LogP contribution is -2.27. The molecular weight excluding hydrogens is 131 g/mol. The lowest BCUT2D eigenvalue weighted by Gasteiger charge is -2.09. The highest BCUT2D eigenvalue weighted by atomic mass is 35.5. The number of aliphatic hydroxyl groups excluding tert-OH is 3. The first-order valence-electron chi connectivity index (χ1n) is 2.26. The maximum Gasteiger partial charge on any atom is 0.0956 e. The Morgan fingerprint density at radius 2 is 1.75 bits per heavy atom. The van der Waals surface area contributed by atoms with Gasteiger partial charge in [0.15, 0.2) is 0 Å². The third-order valence-electron chi connectivity index (χ3n) is 0.779. The third-order valence-corrected chi connectivity index (χ3v) is 1.21. The molecule has 0 aliphatic carbocycles. The summed E-state index contributed by atoms with van der Waals surface area (Å²) in [6, 6.07) is 0. The van der Waals surface area contributed by atoms with Crippen LogP contribution in [-0.4, -0.2) is 40.0 Å². The predicted molar refractivity (Wildman–Crippen MR) is 29.8 cm³/mol. The molecule has 0 radical (unpaired) electrons. The van der Waals surface area contributed by atoms with E-state index < -0.39 is 18.1 Å². The summed E-state index contributed by atoms with van der Waals surface area (Å²) < 4.78 is 0. The van der Waals surface area contributed by atoms with Crippen LogP contribution in [0.15, 0.2) is 0 Å². The molecule has 0 rings (SSSR count). The molecule has 4 heteroatoms. The number of alkyl halides is 1. The van der Waals surface area contributed by atoms with E-state index in [2.05, 4.69) is 0 Å². The summed E-state index contributed by atoms with van der Waals surface area (Å²) in [6.07, 6.45) is -1.01. The molecule has 8 heavy (non-hydrogen) atoms. The monoisotopic (exact) mass is 140 g/mol. The summed E-state index contributed by atoms with van der Waals surface area (Å²) in [6.45, 7) is -0.724. The van der Waals surface area contributed by atoms with Crippen molar-refractivity contribution in [2.75, 3.05) is 13.2 Å². The first kappa shape index (κ1) is 8.17. The fraction of sp³-hybridized carbons (Fsp3) is 1.00. The molecule has 0 aromatic rings. The van der Waals surface area contributed by atoms with Gasteiger partial charge < -0.3 is 15.3 Å². The van der Waals surface area contributed by atoms with Gasteiger partial charge in [-0.15, -0.1) is 11.6 Å². The molecule has 0 saturated heterocycles. The highest BCUT2D eigenvalue weighted by molar-refractivity contribution is 6.21. The smallest absolute Gasteiger partial charge is 0.0956 e. The van der Waals surface area contributed by atoms with Crippen molar-refractivity contribution in [2.24, 2.45) is 0 Å². The summed E-state index contributed by atoms with van der Waals surface area (Å²) in [4.78, 5) is 0. The Labute approximate surface area is 52.5 Å². The minimum absolute atomic E-state index is 0.316. The van der Waals surface area contributed by atoms with Crippen LogP contribution in [0.3, 0.4) is 0 Å². The average molecular weight is 141 g/mol. The van der Waals surface area contributed by atoms with Crippen molar-refractivity contribution in [3.8, 4) is 0 Å². The van der Waals surface area contributed by atoms with Gasteiger partial charge in [-0.25, -0.2) is 0 Å². The molecule has 0 heterocycles. The van der Waals surface area contributed by atoms with Crippen molar-refractivity contribution in [3.05, 3.63) is 0 Å². The van der Waals surface area contributed by atoms with Gasteiger partial charge in [0.2, 0.25) is 0 Å². The third kappa shape index (κ3) is 2.47. The molecule has 0 amide bonds. The number of rotatable bonds is 3. The topological polar surface area (TPSA) is 60.7 Å². The Kier molecular flexibility index (Phi) is 4.18. The molecule has 0 bridgehead atoms. The van der Waals surface area contributed by atoms with Crippen LogP contribution < -0.4 is 0 Å². The van der Waals surface area contributed by atoms with Crippen LogP contribution in [0.25, 0.3) is 0 Å². The van der Waals surface area contributed by atoms with Gasteiger partial charge in [0.25, 0.3) is 0 Å². The quantitative estimate of drug-likeness (QED) is 0.438. The second kappa shape index (κ2) is 4.09. The normalized spacial score (nSPS) is 18.0. The first-order chi connectivity index (χ1) is 3.72. The average Bonchev–Trinajstić information content (AvgIpc) is 1.84. The van der Waals surface area contributed by atoms with Crippen LogP contribution in [-0.2, 0) is 0 Å². The van der Waals surface area contributed by atoms with E-state index in [0.29, 0.717) is 0 Å². The molecule has 2 atom stereocenters. The fourth-order valence-corrected chi connectivity index (χ4v) is 0.316. The minimum Gasteiger partial charge on any atom is -0.395 e. The second-order valence-corrected chi connectivity index (χ2v) is 2.01. The SMILES string of the molecule is OCC(O)C(Cl)CO. The van der Waals surface area contributed by atoms with Gasteiger partial charge in [-0.3, -0.25) is 0 Å². The molecular formula is C4H9ClO3. The lowest BCUT2D eigenvalue weighted by molar-refractivity contribution is 0.0757. The van der Waals surface area contributed by atoms with Crippen molar-refractivity contribution < 1.29 is 15.3 Å². The van der Waals surface area contributed by atoms with Gasteiger partial charge in [0.05, 0.1) is 24.7 Å². The lowest BCUT2D eigenvalue weighted by atomic mass is 10.3. The molecule has 3 N–H and O–H groups in total. The predicted octanol–water partition coefficient (Wildman–Crippen LogP) is -1.06. The fourth-order valence-electron chi connectivity index (χ4n) is 0.236. The van der Waals surface area contributed by atoms with Crippen molar-refractivity contribution in [1.82, 2.24) is 0 Å². The summed E-state index contributed by atoms with van der Waals surface area (Å²) in [5.41, 5.74) is 0. The van der Waals surface area contributed by atoms with Crippen molar-refractivity contribution in [1.29, 1.82) is 0 Å². The van der Waals surface area contributed by atoms with Crippen LogP contribution in [0.5, 0.6) is 0 Å². The molecule has 2 unspecified atom stereocenters. The molecule has 0 fully saturated rings. The highest BCUT2D eigenvalue weighted by Crippen LogP contribution is 1.99. The van der Waals surface area contributed by atoms with Crippen molar-refractivity contribution in [3.63, 3.8) is 0 Å². The van der Waals surface area contributed by atoms with E-state index in [1.807, 2.05) is 0 Å². The minimum atomic E-state index is -1.01. The largest absolute Gasteiger partial charge is 0.395 e. The first-order valence-corrected chi connectivity index (χ1v) is 2.70. The molecule has 0 aliphatic heterocycles. The van der Waals surface area contributed by atoms with Crippen molar-refractivity contribution in [2.45, 2.75) is 11.5 Å². The Balaban J connectivity index is 3.29. The van der Waals surface area contributed by atoms with Gasteiger partial charge in [-0.2, -0.15) is 0 Å². The number of aliphatic hydroxyl groups is 3. The molecule has 0 spiro atoms. The summed E-state index contributed by atoms with van der Waals surface area (Å²) >= 11 is 5.26. The Morgan fingerprint density at radius 1 is 1.25 bits per heavy atom. The van der Waals surface area contributed by atoms with Crippen LogP contribution >= 0.6 is 11.6 Å². The highest BCUT2D eigenvalue weighted by Gasteiger charge is 2.12. The second-order valence-electron chi connectivity index (χ2n) is 1.45. The van der Waals surface area contributed by atoms with Crippen LogP contribution in [0.2, 0.25) is 0 Å². The number of halogens is 1. The van der Waals surface area contributed by atoms with Gasteiger partial charge >= 0.3 is 0 Å². The maximum atomic E-state index is 8.58. The Bertz CT molecular complexity index is 51.2. The van der Waals surface area contributed by atoms with E-state index in [4.69, 9.17) is 26.9 Å². The summed E-state index contributed by atoms with van der Waals surface area (Å²) in [5.74, 6) is 0. The van der Waals surface area contributed by atoms with Crippen molar-refractivity contribution >= 4 is 11.6 Å². The molecule has 0 aromatic carbocycles. The molecule has 0 saturated carbocycles.